The molecule has 0 spiro atoms. The minimum atomic E-state index is 0.570. The van der Waals surface area contributed by atoms with Crippen LogP contribution in [0.15, 0.2) is 0 Å². The summed E-state index contributed by atoms with van der Waals surface area (Å²) in [4.78, 5) is 9.28. The van der Waals surface area contributed by atoms with Gasteiger partial charge in [-0.05, 0) is 44.9 Å². The Labute approximate surface area is 102 Å². The Hall–Kier alpha value is -1.16. The SMILES string of the molecule is Cc1nc(C2CC3CCC2C3)nc(NN)c1C. The normalized spacial score (nSPS) is 30.9. The van der Waals surface area contributed by atoms with Gasteiger partial charge in [-0.15, -0.1) is 0 Å². The zero-order valence-electron chi connectivity index (χ0n) is 10.5. The maximum Gasteiger partial charge on any atom is 0.146 e. The Bertz CT molecular complexity index is 443. The molecule has 2 aliphatic carbocycles. The van der Waals surface area contributed by atoms with Crippen LogP contribution in [-0.4, -0.2) is 9.97 Å². The Morgan fingerprint density at radius 1 is 1.18 bits per heavy atom. The number of hydrogen-bond donors (Lipinski definition) is 2. The maximum absolute atomic E-state index is 5.52. The number of hydrazine groups is 1. The number of nitrogens with one attached hydrogen (secondary N) is 1. The molecule has 17 heavy (non-hydrogen) atoms. The Kier molecular flexibility index (Phi) is 2.54. The molecule has 1 aromatic rings. The standard InChI is InChI=1S/C13H20N4/c1-7-8(2)15-13(16-12(7)17-14)11-6-9-3-4-10(11)5-9/h9-11H,3-6,14H2,1-2H3,(H,15,16,17). The predicted octanol–water partition coefficient (Wildman–Crippen LogP) is 2.28. The van der Waals surface area contributed by atoms with Crippen molar-refractivity contribution in [1.82, 2.24) is 9.97 Å². The molecule has 4 heteroatoms. The van der Waals surface area contributed by atoms with Gasteiger partial charge in [-0.1, -0.05) is 6.42 Å². The van der Waals surface area contributed by atoms with Crippen molar-refractivity contribution in [3.63, 3.8) is 0 Å². The van der Waals surface area contributed by atoms with Gasteiger partial charge in [-0.3, -0.25) is 0 Å². The van der Waals surface area contributed by atoms with E-state index in [9.17, 15) is 0 Å². The van der Waals surface area contributed by atoms with Crippen LogP contribution >= 0.6 is 0 Å². The smallest absolute Gasteiger partial charge is 0.146 e. The quantitative estimate of drug-likeness (QED) is 0.606. The van der Waals surface area contributed by atoms with Crippen molar-refractivity contribution in [2.45, 2.75) is 45.4 Å². The summed E-state index contributed by atoms with van der Waals surface area (Å²) < 4.78 is 0. The predicted molar refractivity (Wildman–Crippen MR) is 67.5 cm³/mol. The molecular formula is C13H20N4. The second kappa shape index (κ2) is 3.95. The van der Waals surface area contributed by atoms with Crippen molar-refractivity contribution in [2.24, 2.45) is 17.7 Å². The molecule has 3 N–H and O–H groups in total. The lowest BCUT2D eigenvalue weighted by atomic mass is 9.88. The third-order valence-corrected chi connectivity index (χ3v) is 4.61. The van der Waals surface area contributed by atoms with Crippen LogP contribution in [0.1, 0.15) is 48.7 Å². The monoisotopic (exact) mass is 232 g/mol. The first-order chi connectivity index (χ1) is 8.19. The lowest BCUT2D eigenvalue weighted by molar-refractivity contribution is 0.405. The molecule has 3 rings (SSSR count). The van der Waals surface area contributed by atoms with Gasteiger partial charge in [0.15, 0.2) is 0 Å². The molecule has 2 fully saturated rings. The van der Waals surface area contributed by atoms with Gasteiger partial charge in [0, 0.05) is 17.2 Å². The Balaban J connectivity index is 1.95. The van der Waals surface area contributed by atoms with Crippen LogP contribution in [0.3, 0.4) is 0 Å². The van der Waals surface area contributed by atoms with Crippen molar-refractivity contribution in [1.29, 1.82) is 0 Å². The average Bonchev–Trinajstić information content (AvgIpc) is 2.94. The van der Waals surface area contributed by atoms with Crippen molar-refractivity contribution >= 4 is 5.82 Å². The molecule has 0 amide bonds. The molecule has 0 aromatic carbocycles. The fourth-order valence-electron chi connectivity index (χ4n) is 3.52. The molecule has 2 bridgehead atoms. The topological polar surface area (TPSA) is 63.8 Å². The maximum atomic E-state index is 5.52. The highest BCUT2D eigenvalue weighted by Crippen LogP contribution is 2.52. The van der Waals surface area contributed by atoms with Gasteiger partial charge >= 0.3 is 0 Å². The molecular weight excluding hydrogens is 212 g/mol. The number of aromatic nitrogens is 2. The van der Waals surface area contributed by atoms with Gasteiger partial charge in [0.1, 0.15) is 11.6 Å². The number of anilines is 1. The molecule has 4 nitrogen and oxygen atoms in total. The van der Waals surface area contributed by atoms with Crippen LogP contribution in [0.5, 0.6) is 0 Å². The summed E-state index contributed by atoms with van der Waals surface area (Å²) in [5, 5.41) is 0. The number of fused-ring (bicyclic) bond motifs is 2. The van der Waals surface area contributed by atoms with Gasteiger partial charge in [0.05, 0.1) is 0 Å². The van der Waals surface area contributed by atoms with E-state index < -0.39 is 0 Å². The number of nitrogens with zero attached hydrogens (tertiary/aromatic N) is 2. The lowest BCUT2D eigenvalue weighted by Gasteiger charge is -2.21. The third-order valence-electron chi connectivity index (χ3n) is 4.61. The highest BCUT2D eigenvalue weighted by atomic mass is 15.3. The van der Waals surface area contributed by atoms with Crippen molar-refractivity contribution in [2.75, 3.05) is 5.43 Å². The van der Waals surface area contributed by atoms with Crippen LogP contribution in [-0.2, 0) is 0 Å². The summed E-state index contributed by atoms with van der Waals surface area (Å²) in [6.07, 6.45) is 5.43. The average molecular weight is 232 g/mol. The van der Waals surface area contributed by atoms with Gasteiger partial charge < -0.3 is 5.43 Å². The largest absolute Gasteiger partial charge is 0.308 e. The van der Waals surface area contributed by atoms with Crippen LogP contribution in [0.25, 0.3) is 0 Å². The van der Waals surface area contributed by atoms with Gasteiger partial charge in [-0.25, -0.2) is 15.8 Å². The molecule has 3 unspecified atom stereocenters. The molecule has 1 heterocycles. The minimum Gasteiger partial charge on any atom is -0.308 e. The molecule has 1 aromatic heterocycles. The van der Waals surface area contributed by atoms with Crippen molar-refractivity contribution < 1.29 is 0 Å². The second-order valence-corrected chi connectivity index (χ2v) is 5.57. The van der Waals surface area contributed by atoms with E-state index in [2.05, 4.69) is 15.4 Å². The van der Waals surface area contributed by atoms with E-state index in [-0.39, 0.29) is 0 Å². The van der Waals surface area contributed by atoms with Crippen LogP contribution in [0.4, 0.5) is 5.82 Å². The van der Waals surface area contributed by atoms with Crippen molar-refractivity contribution in [3.05, 3.63) is 17.1 Å². The van der Waals surface area contributed by atoms with Crippen LogP contribution < -0.4 is 11.3 Å². The molecule has 2 saturated carbocycles. The molecule has 92 valence electrons. The van der Waals surface area contributed by atoms with Crippen LogP contribution in [0, 0.1) is 25.7 Å². The number of aryl methyl sites for hydroxylation is 1. The van der Waals surface area contributed by atoms with Gasteiger partial charge in [0.2, 0.25) is 0 Å². The summed E-state index contributed by atoms with van der Waals surface area (Å²) in [6.45, 7) is 4.05. The van der Waals surface area contributed by atoms with E-state index in [4.69, 9.17) is 5.84 Å². The lowest BCUT2D eigenvalue weighted by Crippen LogP contribution is -2.17. The summed E-state index contributed by atoms with van der Waals surface area (Å²) in [6, 6.07) is 0. The van der Waals surface area contributed by atoms with E-state index in [0.29, 0.717) is 5.92 Å². The summed E-state index contributed by atoms with van der Waals surface area (Å²) in [7, 11) is 0. The summed E-state index contributed by atoms with van der Waals surface area (Å²) >= 11 is 0. The minimum absolute atomic E-state index is 0.570. The molecule has 3 atom stereocenters. The molecule has 0 saturated heterocycles. The zero-order chi connectivity index (χ0) is 12.0. The number of nitrogens with two attached hydrogens (primary N) is 1. The second-order valence-electron chi connectivity index (χ2n) is 5.57. The van der Waals surface area contributed by atoms with Gasteiger partial charge in [-0.2, -0.15) is 0 Å². The number of rotatable bonds is 2. The highest BCUT2D eigenvalue weighted by Gasteiger charge is 2.41. The fraction of sp³-hybridized carbons (Fsp3) is 0.692. The van der Waals surface area contributed by atoms with Crippen LogP contribution in [0.2, 0.25) is 0 Å². The van der Waals surface area contributed by atoms with E-state index >= 15 is 0 Å². The first kappa shape index (κ1) is 11.0. The van der Waals surface area contributed by atoms with E-state index in [1.165, 1.54) is 25.7 Å². The van der Waals surface area contributed by atoms with E-state index in [1.807, 2.05) is 13.8 Å². The zero-order valence-corrected chi connectivity index (χ0v) is 10.5. The van der Waals surface area contributed by atoms with E-state index in [1.54, 1.807) is 0 Å². The third kappa shape index (κ3) is 1.71. The number of nitrogen functional groups attached to an aromatic ring is 1. The fourth-order valence-corrected chi connectivity index (χ4v) is 3.52. The first-order valence-electron chi connectivity index (χ1n) is 6.50. The highest BCUT2D eigenvalue weighted by molar-refractivity contribution is 5.44. The Morgan fingerprint density at radius 3 is 2.59 bits per heavy atom. The van der Waals surface area contributed by atoms with E-state index in [0.717, 1.165) is 34.7 Å². The Morgan fingerprint density at radius 2 is 2.00 bits per heavy atom. The molecule has 0 aliphatic heterocycles. The molecule has 0 radical (unpaired) electrons. The summed E-state index contributed by atoms with van der Waals surface area (Å²) in [5.41, 5.74) is 4.79. The van der Waals surface area contributed by atoms with Crippen molar-refractivity contribution in [3.8, 4) is 0 Å². The first-order valence-corrected chi connectivity index (χ1v) is 6.50. The number of hydrogen-bond acceptors (Lipinski definition) is 4. The molecule has 2 aliphatic rings. The van der Waals surface area contributed by atoms with Gasteiger partial charge in [0.25, 0.3) is 0 Å². The summed E-state index contributed by atoms with van der Waals surface area (Å²) in [5.74, 6) is 9.62.